The van der Waals surface area contributed by atoms with Gasteiger partial charge in [-0.2, -0.15) is 0 Å². The molecule has 0 aliphatic carbocycles. The summed E-state index contributed by atoms with van der Waals surface area (Å²) in [6.45, 7) is 4.96. The predicted molar refractivity (Wildman–Crippen MR) is 98.9 cm³/mol. The largest absolute Gasteiger partial charge is 0.497 e. The van der Waals surface area contributed by atoms with Crippen LogP contribution in [0.4, 0.5) is 4.79 Å². The van der Waals surface area contributed by atoms with E-state index in [4.69, 9.17) is 9.47 Å². The highest BCUT2D eigenvalue weighted by molar-refractivity contribution is 5.74. The molecular formula is C20H26N2O3. The van der Waals surface area contributed by atoms with Crippen molar-refractivity contribution in [3.05, 3.63) is 59.7 Å². The Hall–Kier alpha value is -2.69. The monoisotopic (exact) mass is 342 g/mol. The molecule has 0 aliphatic rings. The molecule has 2 aromatic rings. The molecule has 5 heteroatoms. The Labute approximate surface area is 149 Å². The average Bonchev–Trinajstić information content (AvgIpc) is 2.62. The summed E-state index contributed by atoms with van der Waals surface area (Å²) < 4.78 is 10.4. The molecule has 0 saturated carbocycles. The van der Waals surface area contributed by atoms with Gasteiger partial charge in [-0.3, -0.25) is 0 Å². The summed E-state index contributed by atoms with van der Waals surface area (Å²) in [4.78, 5) is 14.4. The van der Waals surface area contributed by atoms with E-state index in [0.29, 0.717) is 13.1 Å². The minimum atomic E-state index is -0.0818. The number of urea groups is 1. The normalized spacial score (nSPS) is 10.4. The smallest absolute Gasteiger partial charge is 0.318 e. The molecule has 134 valence electrons. The van der Waals surface area contributed by atoms with Crippen LogP contribution in [0.15, 0.2) is 48.5 Å². The van der Waals surface area contributed by atoms with Crippen LogP contribution in [0.1, 0.15) is 25.0 Å². The van der Waals surface area contributed by atoms with Gasteiger partial charge in [-0.15, -0.1) is 0 Å². The maximum atomic E-state index is 12.6. The Balaban J connectivity index is 2.14. The zero-order valence-corrected chi connectivity index (χ0v) is 15.3. The van der Waals surface area contributed by atoms with Crippen molar-refractivity contribution < 1.29 is 14.3 Å². The van der Waals surface area contributed by atoms with Crippen LogP contribution < -0.4 is 14.8 Å². The predicted octanol–water partition coefficient (Wildman–Crippen LogP) is 3.82. The molecule has 2 rings (SSSR count). The van der Waals surface area contributed by atoms with Gasteiger partial charge in [-0.25, -0.2) is 4.79 Å². The lowest BCUT2D eigenvalue weighted by atomic mass is 10.1. The minimum Gasteiger partial charge on any atom is -0.497 e. The van der Waals surface area contributed by atoms with Crippen LogP contribution in [0, 0.1) is 0 Å². The summed E-state index contributed by atoms with van der Waals surface area (Å²) in [5.74, 6) is 1.61. The van der Waals surface area contributed by atoms with Gasteiger partial charge in [0.05, 0.1) is 14.2 Å². The van der Waals surface area contributed by atoms with Crippen molar-refractivity contribution >= 4 is 6.03 Å². The minimum absolute atomic E-state index is 0.0818. The van der Waals surface area contributed by atoms with Crippen molar-refractivity contribution in [3.63, 3.8) is 0 Å². The Morgan fingerprint density at radius 1 is 0.880 bits per heavy atom. The zero-order chi connectivity index (χ0) is 18.2. The van der Waals surface area contributed by atoms with Gasteiger partial charge in [0.2, 0.25) is 0 Å². The van der Waals surface area contributed by atoms with E-state index in [1.54, 1.807) is 19.1 Å². The lowest BCUT2D eigenvalue weighted by Crippen LogP contribution is -2.42. The van der Waals surface area contributed by atoms with Crippen LogP contribution in [-0.2, 0) is 13.1 Å². The van der Waals surface area contributed by atoms with Gasteiger partial charge in [-0.1, -0.05) is 24.3 Å². The molecule has 2 amide bonds. The summed E-state index contributed by atoms with van der Waals surface area (Å²) in [6.07, 6.45) is 0. The third-order valence-corrected chi connectivity index (χ3v) is 3.76. The molecule has 0 aliphatic heterocycles. The summed E-state index contributed by atoms with van der Waals surface area (Å²) in [7, 11) is 3.28. The number of amides is 2. The first-order chi connectivity index (χ1) is 12.0. The third-order valence-electron chi connectivity index (χ3n) is 3.76. The maximum absolute atomic E-state index is 12.6. The number of carbonyl (C=O) groups is 1. The highest BCUT2D eigenvalue weighted by Gasteiger charge is 2.15. The first-order valence-corrected chi connectivity index (χ1v) is 8.33. The van der Waals surface area contributed by atoms with E-state index in [2.05, 4.69) is 5.32 Å². The van der Waals surface area contributed by atoms with Crippen LogP contribution in [-0.4, -0.2) is 31.2 Å². The first kappa shape index (κ1) is 18.6. The molecule has 0 saturated heterocycles. The lowest BCUT2D eigenvalue weighted by Gasteiger charge is -2.25. The van der Waals surface area contributed by atoms with Gasteiger partial charge in [0.1, 0.15) is 11.5 Å². The zero-order valence-electron chi connectivity index (χ0n) is 15.3. The second-order valence-corrected chi connectivity index (χ2v) is 6.16. The maximum Gasteiger partial charge on any atom is 0.318 e. The second kappa shape index (κ2) is 8.97. The summed E-state index contributed by atoms with van der Waals surface area (Å²) in [6, 6.07) is 15.5. The van der Waals surface area contributed by atoms with Crippen molar-refractivity contribution in [1.29, 1.82) is 0 Å². The lowest BCUT2D eigenvalue weighted by molar-refractivity contribution is 0.189. The van der Waals surface area contributed by atoms with Gasteiger partial charge in [0.15, 0.2) is 0 Å². The number of benzene rings is 2. The molecule has 0 aromatic heterocycles. The van der Waals surface area contributed by atoms with Gasteiger partial charge in [-0.05, 0) is 49.2 Å². The molecule has 0 bridgehead atoms. The fourth-order valence-electron chi connectivity index (χ4n) is 2.44. The van der Waals surface area contributed by atoms with E-state index in [9.17, 15) is 4.79 Å². The van der Waals surface area contributed by atoms with Crippen LogP contribution >= 0.6 is 0 Å². The summed E-state index contributed by atoms with van der Waals surface area (Å²) >= 11 is 0. The first-order valence-electron chi connectivity index (χ1n) is 8.33. The van der Waals surface area contributed by atoms with E-state index in [0.717, 1.165) is 22.6 Å². The van der Waals surface area contributed by atoms with E-state index in [1.165, 1.54) is 0 Å². The molecule has 0 radical (unpaired) electrons. The van der Waals surface area contributed by atoms with Gasteiger partial charge in [0, 0.05) is 19.1 Å². The van der Waals surface area contributed by atoms with Crippen LogP contribution in [0.5, 0.6) is 11.5 Å². The molecule has 0 atom stereocenters. The van der Waals surface area contributed by atoms with E-state index < -0.39 is 0 Å². The number of ether oxygens (including phenoxy) is 2. The third kappa shape index (κ3) is 5.71. The number of nitrogens with one attached hydrogen (secondary N) is 1. The quantitative estimate of drug-likeness (QED) is 0.832. The molecule has 0 heterocycles. The number of carbonyl (C=O) groups excluding carboxylic acids is 1. The number of nitrogens with zero attached hydrogens (tertiary/aromatic N) is 1. The van der Waals surface area contributed by atoms with Crippen LogP contribution in [0.2, 0.25) is 0 Å². The summed E-state index contributed by atoms with van der Waals surface area (Å²) in [5.41, 5.74) is 2.10. The highest BCUT2D eigenvalue weighted by atomic mass is 16.5. The number of rotatable bonds is 7. The second-order valence-electron chi connectivity index (χ2n) is 6.16. The Kier molecular flexibility index (Phi) is 6.69. The van der Waals surface area contributed by atoms with Crippen molar-refractivity contribution in [1.82, 2.24) is 10.2 Å². The number of hydrogen-bond acceptors (Lipinski definition) is 3. The molecule has 5 nitrogen and oxygen atoms in total. The molecule has 0 fully saturated rings. The van der Waals surface area contributed by atoms with Crippen LogP contribution in [0.3, 0.4) is 0 Å². The molecule has 2 aromatic carbocycles. The van der Waals surface area contributed by atoms with E-state index in [-0.39, 0.29) is 12.1 Å². The van der Waals surface area contributed by atoms with Crippen molar-refractivity contribution in [2.45, 2.75) is 33.0 Å². The van der Waals surface area contributed by atoms with Crippen molar-refractivity contribution in [2.24, 2.45) is 0 Å². The standard InChI is InChI=1S/C20H26N2O3/c1-15(2)21-20(23)22(13-16-5-9-18(24-3)10-6-16)14-17-7-11-19(25-4)12-8-17/h5-12,15H,13-14H2,1-4H3,(H,21,23). The molecule has 0 unspecified atom stereocenters. The summed E-state index contributed by atoms with van der Waals surface area (Å²) in [5, 5.41) is 2.97. The Morgan fingerprint density at radius 3 is 1.60 bits per heavy atom. The van der Waals surface area contributed by atoms with Crippen LogP contribution in [0.25, 0.3) is 0 Å². The van der Waals surface area contributed by atoms with Gasteiger partial charge >= 0.3 is 6.03 Å². The fraction of sp³-hybridized carbons (Fsp3) is 0.350. The Bertz CT molecular complexity index is 617. The molecular weight excluding hydrogens is 316 g/mol. The Morgan fingerprint density at radius 2 is 1.28 bits per heavy atom. The molecule has 1 N–H and O–H groups in total. The van der Waals surface area contributed by atoms with E-state index >= 15 is 0 Å². The number of methoxy groups -OCH3 is 2. The molecule has 25 heavy (non-hydrogen) atoms. The fourth-order valence-corrected chi connectivity index (χ4v) is 2.44. The van der Waals surface area contributed by atoms with Crippen molar-refractivity contribution in [2.75, 3.05) is 14.2 Å². The molecule has 0 spiro atoms. The highest BCUT2D eigenvalue weighted by Crippen LogP contribution is 2.17. The number of hydrogen-bond donors (Lipinski definition) is 1. The average molecular weight is 342 g/mol. The SMILES string of the molecule is COc1ccc(CN(Cc2ccc(OC)cc2)C(=O)NC(C)C)cc1. The van der Waals surface area contributed by atoms with Crippen molar-refractivity contribution in [3.8, 4) is 11.5 Å². The van der Waals surface area contributed by atoms with E-state index in [1.807, 2.05) is 62.4 Å². The van der Waals surface area contributed by atoms with Gasteiger partial charge < -0.3 is 19.7 Å². The topological polar surface area (TPSA) is 50.8 Å². The van der Waals surface area contributed by atoms with Gasteiger partial charge in [0.25, 0.3) is 0 Å².